The van der Waals surface area contributed by atoms with Crippen LogP contribution in [0.1, 0.15) is 12.0 Å². The standard InChI is InChI=1S/C15H25NO3Si/c1-4-12-19-20(17-2,18-3)13-8-11-16-14-15-9-6-5-7-10-15/h4-7,9-10,16H,1,8,11-14H2,2-3H3. The molecule has 0 saturated heterocycles. The van der Waals surface area contributed by atoms with Gasteiger partial charge >= 0.3 is 8.80 Å². The molecular weight excluding hydrogens is 270 g/mol. The highest BCUT2D eigenvalue weighted by molar-refractivity contribution is 6.60. The predicted octanol–water partition coefficient (Wildman–Crippen LogP) is 2.60. The Morgan fingerprint density at radius 3 is 2.50 bits per heavy atom. The molecule has 1 aromatic rings. The third-order valence-electron chi connectivity index (χ3n) is 3.05. The summed E-state index contributed by atoms with van der Waals surface area (Å²) in [6.07, 6.45) is 2.67. The van der Waals surface area contributed by atoms with E-state index in [0.29, 0.717) is 6.61 Å². The Morgan fingerprint density at radius 2 is 1.90 bits per heavy atom. The van der Waals surface area contributed by atoms with Gasteiger partial charge in [-0.05, 0) is 18.5 Å². The van der Waals surface area contributed by atoms with Crippen molar-refractivity contribution in [2.24, 2.45) is 0 Å². The van der Waals surface area contributed by atoms with E-state index in [4.69, 9.17) is 13.3 Å². The maximum Gasteiger partial charge on any atom is 0.500 e. The van der Waals surface area contributed by atoms with Gasteiger partial charge in [-0.25, -0.2) is 0 Å². The predicted molar refractivity (Wildman–Crippen MR) is 83.5 cm³/mol. The molecule has 1 N–H and O–H groups in total. The molecule has 4 nitrogen and oxygen atoms in total. The highest BCUT2D eigenvalue weighted by Gasteiger charge is 2.37. The first kappa shape index (κ1) is 17.1. The van der Waals surface area contributed by atoms with Crippen molar-refractivity contribution in [1.82, 2.24) is 5.32 Å². The topological polar surface area (TPSA) is 39.7 Å². The number of hydrogen-bond donors (Lipinski definition) is 1. The zero-order valence-corrected chi connectivity index (χ0v) is 13.4. The van der Waals surface area contributed by atoms with Crippen molar-refractivity contribution in [3.8, 4) is 0 Å². The van der Waals surface area contributed by atoms with Crippen LogP contribution in [0.5, 0.6) is 0 Å². The van der Waals surface area contributed by atoms with Gasteiger partial charge in [0, 0.05) is 26.8 Å². The van der Waals surface area contributed by atoms with E-state index >= 15 is 0 Å². The molecule has 0 saturated carbocycles. The van der Waals surface area contributed by atoms with E-state index in [1.54, 1.807) is 20.3 Å². The largest absolute Gasteiger partial charge is 0.500 e. The normalized spacial score (nSPS) is 11.5. The van der Waals surface area contributed by atoms with Crippen LogP contribution in [0.3, 0.4) is 0 Å². The number of nitrogens with one attached hydrogen (secondary N) is 1. The van der Waals surface area contributed by atoms with Gasteiger partial charge in [-0.2, -0.15) is 0 Å². The molecule has 0 heterocycles. The third kappa shape index (κ3) is 5.98. The van der Waals surface area contributed by atoms with Crippen LogP contribution in [-0.4, -0.2) is 36.2 Å². The van der Waals surface area contributed by atoms with Crippen LogP contribution >= 0.6 is 0 Å². The second-order valence-corrected chi connectivity index (χ2v) is 7.43. The molecular formula is C15H25NO3Si. The minimum absolute atomic E-state index is 0.464. The Hall–Kier alpha value is -0.983. The first-order valence-corrected chi connectivity index (χ1v) is 8.79. The second-order valence-electron chi connectivity index (χ2n) is 4.46. The average molecular weight is 295 g/mol. The third-order valence-corrected chi connectivity index (χ3v) is 5.87. The van der Waals surface area contributed by atoms with Gasteiger partial charge in [-0.15, -0.1) is 6.58 Å². The van der Waals surface area contributed by atoms with Crippen LogP contribution in [0.4, 0.5) is 0 Å². The number of benzene rings is 1. The Kier molecular flexibility index (Phi) is 8.40. The molecule has 0 aromatic heterocycles. The van der Waals surface area contributed by atoms with Crippen molar-refractivity contribution in [3.63, 3.8) is 0 Å². The Bertz CT molecular complexity index is 369. The fourth-order valence-electron chi connectivity index (χ4n) is 1.92. The molecule has 0 aliphatic rings. The Balaban J connectivity index is 2.25. The van der Waals surface area contributed by atoms with Crippen LogP contribution in [0.2, 0.25) is 6.04 Å². The summed E-state index contributed by atoms with van der Waals surface area (Å²) in [6, 6.07) is 11.2. The average Bonchev–Trinajstić information content (AvgIpc) is 2.51. The van der Waals surface area contributed by atoms with Gasteiger partial charge in [-0.1, -0.05) is 36.4 Å². The van der Waals surface area contributed by atoms with Gasteiger partial charge in [0.1, 0.15) is 0 Å². The molecule has 0 aliphatic heterocycles. The summed E-state index contributed by atoms with van der Waals surface area (Å²) in [5.74, 6) is 0. The van der Waals surface area contributed by atoms with Crippen LogP contribution in [-0.2, 0) is 19.8 Å². The Morgan fingerprint density at radius 1 is 1.20 bits per heavy atom. The fourth-order valence-corrected chi connectivity index (χ4v) is 3.86. The van der Waals surface area contributed by atoms with Crippen molar-refractivity contribution in [2.75, 3.05) is 27.4 Å². The monoisotopic (exact) mass is 295 g/mol. The fraction of sp³-hybridized carbons (Fsp3) is 0.467. The SMILES string of the molecule is C=CCO[Si](CCCNCc1ccccc1)(OC)OC. The smallest absolute Gasteiger partial charge is 0.377 e. The first-order valence-electron chi connectivity index (χ1n) is 6.86. The lowest BCUT2D eigenvalue weighted by atomic mass is 10.2. The van der Waals surface area contributed by atoms with E-state index < -0.39 is 8.80 Å². The molecule has 0 atom stereocenters. The van der Waals surface area contributed by atoms with Crippen molar-refractivity contribution in [2.45, 2.75) is 19.0 Å². The second kappa shape index (κ2) is 9.85. The van der Waals surface area contributed by atoms with Gasteiger partial charge in [0.15, 0.2) is 0 Å². The number of rotatable bonds is 11. The number of hydrogen-bond acceptors (Lipinski definition) is 4. The van der Waals surface area contributed by atoms with E-state index in [-0.39, 0.29) is 0 Å². The van der Waals surface area contributed by atoms with Crippen LogP contribution in [0, 0.1) is 0 Å². The van der Waals surface area contributed by atoms with E-state index in [1.165, 1.54) is 5.56 Å². The molecule has 0 aliphatic carbocycles. The summed E-state index contributed by atoms with van der Waals surface area (Å²) < 4.78 is 16.6. The molecule has 1 aromatic carbocycles. The van der Waals surface area contributed by atoms with E-state index in [9.17, 15) is 0 Å². The highest BCUT2D eigenvalue weighted by atomic mass is 28.4. The minimum Gasteiger partial charge on any atom is -0.377 e. The van der Waals surface area contributed by atoms with Gasteiger partial charge < -0.3 is 18.6 Å². The lowest BCUT2D eigenvalue weighted by molar-refractivity contribution is 0.109. The van der Waals surface area contributed by atoms with E-state index in [0.717, 1.165) is 25.6 Å². The van der Waals surface area contributed by atoms with Crippen molar-refractivity contribution >= 4 is 8.80 Å². The van der Waals surface area contributed by atoms with E-state index in [1.807, 2.05) is 18.2 Å². The molecule has 5 heteroatoms. The van der Waals surface area contributed by atoms with Crippen LogP contribution < -0.4 is 5.32 Å². The molecule has 1 rings (SSSR count). The lowest BCUT2D eigenvalue weighted by Crippen LogP contribution is -2.44. The molecule has 0 bridgehead atoms. The molecule has 0 amide bonds. The maximum atomic E-state index is 5.69. The summed E-state index contributed by atoms with van der Waals surface area (Å²) in [7, 11) is 0.793. The molecule has 20 heavy (non-hydrogen) atoms. The summed E-state index contributed by atoms with van der Waals surface area (Å²) >= 11 is 0. The zero-order valence-electron chi connectivity index (χ0n) is 12.4. The van der Waals surface area contributed by atoms with Crippen LogP contribution in [0.15, 0.2) is 43.0 Å². The first-order chi connectivity index (χ1) is 9.76. The van der Waals surface area contributed by atoms with Crippen molar-refractivity contribution in [1.29, 1.82) is 0 Å². The van der Waals surface area contributed by atoms with E-state index in [2.05, 4.69) is 24.0 Å². The molecule has 112 valence electrons. The lowest BCUT2D eigenvalue weighted by Gasteiger charge is -2.25. The van der Waals surface area contributed by atoms with Gasteiger partial charge in [0.2, 0.25) is 0 Å². The molecule has 0 radical (unpaired) electrons. The molecule has 0 fully saturated rings. The summed E-state index contributed by atoms with van der Waals surface area (Å²) in [4.78, 5) is 0. The van der Waals surface area contributed by atoms with Gasteiger partial charge in [0.05, 0.1) is 6.61 Å². The van der Waals surface area contributed by atoms with Gasteiger partial charge in [-0.3, -0.25) is 0 Å². The maximum absolute atomic E-state index is 5.69. The van der Waals surface area contributed by atoms with Gasteiger partial charge in [0.25, 0.3) is 0 Å². The summed E-state index contributed by atoms with van der Waals surface area (Å²) in [6.45, 7) is 5.90. The summed E-state index contributed by atoms with van der Waals surface area (Å²) in [5.41, 5.74) is 1.29. The Labute approximate surface area is 123 Å². The molecule has 0 unspecified atom stereocenters. The quantitative estimate of drug-likeness (QED) is 0.387. The van der Waals surface area contributed by atoms with Crippen LogP contribution in [0.25, 0.3) is 0 Å². The minimum atomic E-state index is -2.50. The summed E-state index contributed by atoms with van der Waals surface area (Å²) in [5, 5.41) is 3.41. The highest BCUT2D eigenvalue weighted by Crippen LogP contribution is 2.15. The zero-order chi connectivity index (χ0) is 14.7. The van der Waals surface area contributed by atoms with Crippen molar-refractivity contribution in [3.05, 3.63) is 48.6 Å². The van der Waals surface area contributed by atoms with Crippen molar-refractivity contribution < 1.29 is 13.3 Å². The molecule has 0 spiro atoms.